The van der Waals surface area contributed by atoms with Gasteiger partial charge < -0.3 is 10.6 Å². The molecule has 0 aromatic rings. The first-order valence-corrected chi connectivity index (χ1v) is 6.98. The van der Waals surface area contributed by atoms with Crippen molar-refractivity contribution in [3.05, 3.63) is 0 Å². The summed E-state index contributed by atoms with van der Waals surface area (Å²) < 4.78 is 0. The summed E-state index contributed by atoms with van der Waals surface area (Å²) in [7, 11) is 0. The normalized spacial score (nSPS) is 14.7. The lowest BCUT2D eigenvalue weighted by molar-refractivity contribution is -0.121. The van der Waals surface area contributed by atoms with E-state index in [1.165, 1.54) is 12.8 Å². The summed E-state index contributed by atoms with van der Waals surface area (Å²) in [6.45, 7) is 11.2. The second-order valence-corrected chi connectivity index (χ2v) is 5.48. The summed E-state index contributed by atoms with van der Waals surface area (Å²) in [6, 6.07) is 0.706. The molecule has 2 atom stereocenters. The van der Waals surface area contributed by atoms with Crippen LogP contribution in [0.2, 0.25) is 0 Å². The highest BCUT2D eigenvalue weighted by Crippen LogP contribution is 2.07. The molecule has 2 unspecified atom stereocenters. The van der Waals surface area contributed by atoms with Crippen molar-refractivity contribution < 1.29 is 4.79 Å². The molecule has 102 valence electrons. The molecule has 3 nitrogen and oxygen atoms in total. The Balaban J connectivity index is 3.55. The average Bonchev–Trinajstić information content (AvgIpc) is 2.25. The first-order valence-electron chi connectivity index (χ1n) is 6.98. The van der Waals surface area contributed by atoms with E-state index in [1.54, 1.807) is 0 Å². The number of carbonyl (C=O) groups is 1. The molecule has 0 aromatic carbocycles. The third kappa shape index (κ3) is 10.3. The Hall–Kier alpha value is -0.570. The molecule has 0 aliphatic rings. The third-order valence-corrected chi connectivity index (χ3v) is 3.05. The minimum absolute atomic E-state index is 0.107. The maximum atomic E-state index is 11.5. The van der Waals surface area contributed by atoms with Gasteiger partial charge in [-0.3, -0.25) is 4.79 Å². The summed E-state index contributed by atoms with van der Waals surface area (Å²) >= 11 is 0. The van der Waals surface area contributed by atoms with Gasteiger partial charge in [0.25, 0.3) is 0 Å². The molecule has 0 heterocycles. The van der Waals surface area contributed by atoms with Gasteiger partial charge in [-0.05, 0) is 32.6 Å². The van der Waals surface area contributed by atoms with Crippen LogP contribution in [0, 0.1) is 5.92 Å². The van der Waals surface area contributed by atoms with Gasteiger partial charge >= 0.3 is 0 Å². The van der Waals surface area contributed by atoms with Crippen molar-refractivity contribution in [1.82, 2.24) is 10.6 Å². The summed E-state index contributed by atoms with van der Waals surface area (Å²) in [5, 5.41) is 6.23. The highest BCUT2D eigenvalue weighted by molar-refractivity contribution is 5.78. The smallest absolute Gasteiger partial charge is 0.234 e. The third-order valence-electron chi connectivity index (χ3n) is 3.05. The number of hydrogen-bond donors (Lipinski definition) is 2. The Bertz CT molecular complexity index is 204. The lowest BCUT2D eigenvalue weighted by Crippen LogP contribution is -2.41. The molecule has 0 rings (SSSR count). The van der Waals surface area contributed by atoms with Crippen LogP contribution in [-0.4, -0.2) is 24.5 Å². The van der Waals surface area contributed by atoms with E-state index in [2.05, 4.69) is 38.3 Å². The molecule has 0 radical (unpaired) electrons. The summed E-state index contributed by atoms with van der Waals surface area (Å²) in [5.74, 6) is 0.881. The van der Waals surface area contributed by atoms with Gasteiger partial charge in [0.15, 0.2) is 0 Å². The van der Waals surface area contributed by atoms with E-state index >= 15 is 0 Å². The van der Waals surface area contributed by atoms with Crippen LogP contribution in [-0.2, 0) is 4.79 Å². The van der Waals surface area contributed by atoms with Crippen LogP contribution in [0.15, 0.2) is 0 Å². The van der Waals surface area contributed by atoms with Gasteiger partial charge in [0.05, 0.1) is 6.54 Å². The van der Waals surface area contributed by atoms with Crippen LogP contribution in [0.1, 0.15) is 60.3 Å². The lowest BCUT2D eigenvalue weighted by atomic mass is 10.0. The minimum atomic E-state index is 0.107. The van der Waals surface area contributed by atoms with Crippen LogP contribution in [0.5, 0.6) is 0 Å². The van der Waals surface area contributed by atoms with Gasteiger partial charge in [0.2, 0.25) is 5.91 Å². The molecular formula is C14H30N2O. The van der Waals surface area contributed by atoms with Crippen molar-refractivity contribution in [2.75, 3.05) is 6.54 Å². The van der Waals surface area contributed by atoms with Crippen LogP contribution < -0.4 is 10.6 Å². The lowest BCUT2D eigenvalue weighted by Gasteiger charge is -2.16. The largest absolute Gasteiger partial charge is 0.353 e. The van der Waals surface area contributed by atoms with Crippen LogP contribution >= 0.6 is 0 Å². The SMILES string of the molecule is CCC(C)NC(=O)CNC(C)CCCC(C)C. The van der Waals surface area contributed by atoms with Crippen molar-refractivity contribution >= 4 is 5.91 Å². The summed E-state index contributed by atoms with van der Waals surface area (Å²) in [4.78, 5) is 11.5. The van der Waals surface area contributed by atoms with Crippen molar-refractivity contribution in [3.63, 3.8) is 0 Å². The minimum Gasteiger partial charge on any atom is -0.353 e. The molecule has 0 aliphatic heterocycles. The molecule has 3 heteroatoms. The van der Waals surface area contributed by atoms with Gasteiger partial charge in [0.1, 0.15) is 0 Å². The van der Waals surface area contributed by atoms with E-state index in [-0.39, 0.29) is 11.9 Å². The predicted molar refractivity (Wildman–Crippen MR) is 74.0 cm³/mol. The van der Waals surface area contributed by atoms with Gasteiger partial charge in [0, 0.05) is 12.1 Å². The maximum absolute atomic E-state index is 11.5. The molecule has 0 fully saturated rings. The molecule has 0 spiro atoms. The van der Waals surface area contributed by atoms with Gasteiger partial charge in [-0.25, -0.2) is 0 Å². The number of rotatable bonds is 9. The van der Waals surface area contributed by atoms with E-state index in [1.807, 2.05) is 6.92 Å². The van der Waals surface area contributed by atoms with E-state index < -0.39 is 0 Å². The van der Waals surface area contributed by atoms with Crippen LogP contribution in [0.25, 0.3) is 0 Å². The first-order chi connectivity index (χ1) is 7.95. The van der Waals surface area contributed by atoms with Gasteiger partial charge in [-0.2, -0.15) is 0 Å². The molecule has 2 N–H and O–H groups in total. The zero-order valence-electron chi connectivity index (χ0n) is 12.2. The van der Waals surface area contributed by atoms with E-state index in [0.717, 1.165) is 18.8 Å². The van der Waals surface area contributed by atoms with Crippen molar-refractivity contribution in [3.8, 4) is 0 Å². The molecule has 0 saturated carbocycles. The highest BCUT2D eigenvalue weighted by atomic mass is 16.1. The number of carbonyl (C=O) groups excluding carboxylic acids is 1. The number of nitrogens with one attached hydrogen (secondary N) is 2. The predicted octanol–water partition coefficient (Wildman–Crippen LogP) is 2.71. The Morgan fingerprint density at radius 3 is 2.24 bits per heavy atom. The molecule has 0 bridgehead atoms. The fourth-order valence-corrected chi connectivity index (χ4v) is 1.63. The quantitative estimate of drug-likeness (QED) is 0.653. The average molecular weight is 242 g/mol. The summed E-state index contributed by atoms with van der Waals surface area (Å²) in [5.41, 5.74) is 0. The second kappa shape index (κ2) is 9.46. The first kappa shape index (κ1) is 16.4. The van der Waals surface area contributed by atoms with E-state index in [4.69, 9.17) is 0 Å². The molecule has 1 amide bonds. The fraction of sp³-hybridized carbons (Fsp3) is 0.929. The van der Waals surface area contributed by atoms with Crippen molar-refractivity contribution in [2.45, 2.75) is 72.4 Å². The molecule has 0 aromatic heterocycles. The standard InChI is InChI=1S/C14H30N2O/c1-6-12(4)16-14(17)10-15-13(5)9-7-8-11(2)3/h11-13,15H,6-10H2,1-5H3,(H,16,17). The summed E-state index contributed by atoms with van der Waals surface area (Å²) in [6.07, 6.45) is 4.63. The topological polar surface area (TPSA) is 41.1 Å². The Morgan fingerprint density at radius 2 is 1.71 bits per heavy atom. The molecule has 17 heavy (non-hydrogen) atoms. The van der Waals surface area contributed by atoms with Gasteiger partial charge in [-0.15, -0.1) is 0 Å². The molecule has 0 aliphatic carbocycles. The number of hydrogen-bond acceptors (Lipinski definition) is 2. The Morgan fingerprint density at radius 1 is 1.06 bits per heavy atom. The van der Waals surface area contributed by atoms with Crippen LogP contribution in [0.3, 0.4) is 0 Å². The van der Waals surface area contributed by atoms with E-state index in [9.17, 15) is 4.79 Å². The Labute approximate surface area is 107 Å². The molecular weight excluding hydrogens is 212 g/mol. The number of amides is 1. The second-order valence-electron chi connectivity index (χ2n) is 5.48. The maximum Gasteiger partial charge on any atom is 0.234 e. The van der Waals surface area contributed by atoms with Crippen LogP contribution in [0.4, 0.5) is 0 Å². The zero-order chi connectivity index (χ0) is 13.3. The monoisotopic (exact) mass is 242 g/mol. The molecule has 0 saturated heterocycles. The Kier molecular flexibility index (Phi) is 9.14. The van der Waals surface area contributed by atoms with E-state index in [0.29, 0.717) is 12.6 Å². The fourth-order valence-electron chi connectivity index (χ4n) is 1.63. The zero-order valence-corrected chi connectivity index (χ0v) is 12.2. The highest BCUT2D eigenvalue weighted by Gasteiger charge is 2.07. The van der Waals surface area contributed by atoms with Crippen molar-refractivity contribution in [1.29, 1.82) is 0 Å². The van der Waals surface area contributed by atoms with Gasteiger partial charge in [-0.1, -0.05) is 33.6 Å². The van der Waals surface area contributed by atoms with Crippen molar-refractivity contribution in [2.24, 2.45) is 5.92 Å².